The molecular weight excluding hydrogens is 109 g/mol. The van der Waals surface area contributed by atoms with E-state index in [0.29, 0.717) is 0 Å². The topological polar surface area (TPSA) is 37.3 Å². The van der Waals surface area contributed by atoms with E-state index < -0.39 is 8.34 Å². The Balaban J connectivity index is 0. The van der Waals surface area contributed by atoms with Crippen LogP contribution in [-0.2, 0) is 4.57 Å². The first-order valence-electron chi connectivity index (χ1n) is 0.617. The molecule has 0 aliphatic carbocycles. The lowest BCUT2D eigenvalue weighted by Gasteiger charge is -1.56. The van der Waals surface area contributed by atoms with Gasteiger partial charge in [-0.1, -0.05) is 0 Å². The van der Waals surface area contributed by atoms with Gasteiger partial charge in [0.05, 0.1) is 17.4 Å². The van der Waals surface area contributed by atoms with Crippen LogP contribution in [0.4, 0.5) is 4.20 Å². The van der Waals surface area contributed by atoms with Crippen LogP contribution in [0.5, 0.6) is 0 Å². The lowest BCUT2D eigenvalue weighted by atomic mass is 15.9. The van der Waals surface area contributed by atoms with Crippen molar-refractivity contribution < 1.29 is 13.7 Å². The molecule has 0 aliphatic heterocycles. The second-order valence-electron chi connectivity index (χ2n) is 0.253. The minimum atomic E-state index is -3.63. The van der Waals surface area contributed by atoms with Gasteiger partial charge in [-0.15, -0.1) is 0 Å². The molecule has 0 aromatic heterocycles. The van der Waals surface area contributed by atoms with Gasteiger partial charge in [0.2, 0.25) is 0 Å². The van der Waals surface area contributed by atoms with Crippen molar-refractivity contribution in [2.24, 2.45) is 0 Å². The Morgan fingerprint density at radius 2 is 1.80 bits per heavy atom. The van der Waals surface area contributed by atoms with E-state index in [1.807, 2.05) is 0 Å². The maximum absolute atomic E-state index is 10.1. The average Bonchev–Trinajstić information content (AvgIpc) is 0.811. The summed E-state index contributed by atoms with van der Waals surface area (Å²) in [6, 6.07) is 0. The summed E-state index contributed by atoms with van der Waals surface area (Å²) in [4.78, 5) is 6.94. The largest absolute Gasteiger partial charge is 0.353 e. The summed E-state index contributed by atoms with van der Waals surface area (Å²) in [7, 11) is -3.63. The minimum absolute atomic E-state index is 0. The van der Waals surface area contributed by atoms with Gasteiger partial charge < -0.3 is 4.89 Å². The highest BCUT2D eigenvalue weighted by Crippen LogP contribution is 2.10. The van der Waals surface area contributed by atoms with Gasteiger partial charge in [0.15, 0.2) is 0 Å². The molecule has 0 heterocycles. The molecule has 0 aromatic rings. The number of hydrogen-bond donors (Lipinski definition) is 1. The minimum Gasteiger partial charge on any atom is -0.323 e. The van der Waals surface area contributed by atoms with Crippen LogP contribution in [0.15, 0.2) is 0 Å². The van der Waals surface area contributed by atoms with Crippen LogP contribution in [0.3, 0.4) is 0 Å². The highest BCUT2D eigenvalue weighted by atomic mass is 31.2. The molecule has 0 spiro atoms. The van der Waals surface area contributed by atoms with Gasteiger partial charge in [-0.25, -0.2) is 0 Å². The molecule has 2 nitrogen and oxygen atoms in total. The summed E-state index contributed by atoms with van der Waals surface area (Å²) in [6.45, 7) is 0. The molecule has 30 valence electrons. The Morgan fingerprint density at radius 1 is 1.80 bits per heavy atom. The highest BCUT2D eigenvalue weighted by Gasteiger charge is 1.67. The molecule has 0 amide bonds. The third-order valence-electron chi connectivity index (χ3n) is 0. The number of halogens is 1. The number of hydrogen-bond acceptors (Lipinski definition) is 1. The standard InChI is InChI=1S/Al.FH2O2P.H/c;1-4(2)3;/h;4H,(H,2,3);. The predicted octanol–water partition coefficient (Wildman–Crippen LogP) is -0.311. The monoisotopic (exact) mass is 112 g/mol. The molecule has 0 fully saturated rings. The van der Waals surface area contributed by atoms with E-state index in [2.05, 4.69) is 0 Å². The Kier molecular flexibility index (Phi) is 8.53. The lowest BCUT2D eigenvalue weighted by molar-refractivity contribution is 0.460. The summed E-state index contributed by atoms with van der Waals surface area (Å²) >= 11 is 0. The van der Waals surface area contributed by atoms with Crippen LogP contribution in [0.1, 0.15) is 0 Å². The van der Waals surface area contributed by atoms with Crippen molar-refractivity contribution in [2.75, 3.05) is 0 Å². The molecule has 0 aromatic carbocycles. The van der Waals surface area contributed by atoms with Gasteiger partial charge in [-0.05, 0) is 0 Å². The van der Waals surface area contributed by atoms with Gasteiger partial charge in [0.1, 0.15) is 0 Å². The zero-order valence-electron chi connectivity index (χ0n) is 2.44. The molecule has 5 heteroatoms. The Labute approximate surface area is 40.1 Å². The van der Waals surface area contributed by atoms with Crippen molar-refractivity contribution in [3.8, 4) is 0 Å². The summed E-state index contributed by atoms with van der Waals surface area (Å²) < 4.78 is 18.6. The SMILES string of the molecule is O=[PH](O)F.[AlH]. The van der Waals surface area contributed by atoms with Gasteiger partial charge in [0.25, 0.3) is 0 Å². The van der Waals surface area contributed by atoms with Crippen molar-refractivity contribution in [3.05, 3.63) is 0 Å². The molecular formula is H3AlFO2P. The molecule has 0 bridgehead atoms. The van der Waals surface area contributed by atoms with Crippen LogP contribution in [0.25, 0.3) is 0 Å². The first-order chi connectivity index (χ1) is 1.73. The Morgan fingerprint density at radius 3 is 1.80 bits per heavy atom. The zero-order chi connectivity index (χ0) is 3.58. The quantitative estimate of drug-likeness (QED) is 0.344. The van der Waals surface area contributed by atoms with Crippen molar-refractivity contribution in [1.82, 2.24) is 0 Å². The molecule has 0 saturated carbocycles. The Hall–Kier alpha value is 0.652. The molecule has 1 atom stereocenters. The van der Waals surface area contributed by atoms with Crippen LogP contribution < -0.4 is 0 Å². The maximum atomic E-state index is 10.1. The van der Waals surface area contributed by atoms with Crippen LogP contribution in [0.2, 0.25) is 0 Å². The second kappa shape index (κ2) is 4.65. The van der Waals surface area contributed by atoms with Gasteiger partial charge in [0, 0.05) is 0 Å². The zero-order valence-corrected chi connectivity index (χ0v) is 4.85. The second-order valence-corrected chi connectivity index (χ2v) is 0.759. The van der Waals surface area contributed by atoms with E-state index >= 15 is 0 Å². The fraction of sp³-hybridized carbons (Fsp3) is 0. The van der Waals surface area contributed by atoms with E-state index in [-0.39, 0.29) is 17.4 Å². The first kappa shape index (κ1) is 9.17. The number of rotatable bonds is 0. The van der Waals surface area contributed by atoms with Crippen molar-refractivity contribution in [1.29, 1.82) is 0 Å². The fourth-order valence-electron chi connectivity index (χ4n) is 0. The normalized spacial score (nSPS) is 12.4. The smallest absolute Gasteiger partial charge is 0.323 e. The molecule has 0 saturated heterocycles. The van der Waals surface area contributed by atoms with E-state index in [9.17, 15) is 4.20 Å². The van der Waals surface area contributed by atoms with Gasteiger partial charge >= 0.3 is 8.34 Å². The fourth-order valence-corrected chi connectivity index (χ4v) is 0. The lowest BCUT2D eigenvalue weighted by Crippen LogP contribution is -1.24. The molecule has 5 heavy (non-hydrogen) atoms. The van der Waals surface area contributed by atoms with Crippen molar-refractivity contribution in [2.45, 2.75) is 0 Å². The molecule has 1 N–H and O–H groups in total. The van der Waals surface area contributed by atoms with E-state index in [1.165, 1.54) is 0 Å². The van der Waals surface area contributed by atoms with E-state index in [1.54, 1.807) is 0 Å². The van der Waals surface area contributed by atoms with Gasteiger partial charge in [-0.3, -0.25) is 4.57 Å². The summed E-state index contributed by atoms with van der Waals surface area (Å²) in [6.07, 6.45) is 0. The summed E-state index contributed by atoms with van der Waals surface area (Å²) in [5, 5.41) is 0. The van der Waals surface area contributed by atoms with Crippen LogP contribution >= 0.6 is 8.34 Å². The third-order valence-corrected chi connectivity index (χ3v) is 0. The summed E-state index contributed by atoms with van der Waals surface area (Å²) in [5.74, 6) is 0. The van der Waals surface area contributed by atoms with Crippen LogP contribution in [-0.4, -0.2) is 22.3 Å². The molecule has 1 unspecified atom stereocenters. The third kappa shape index (κ3) is 76.9. The van der Waals surface area contributed by atoms with Crippen molar-refractivity contribution >= 4 is 25.7 Å². The van der Waals surface area contributed by atoms with Crippen molar-refractivity contribution in [3.63, 3.8) is 0 Å². The highest BCUT2D eigenvalue weighted by molar-refractivity contribution is 7.31. The Bertz CT molecular complexity index is 32.6. The van der Waals surface area contributed by atoms with Gasteiger partial charge in [-0.2, -0.15) is 4.20 Å². The van der Waals surface area contributed by atoms with E-state index in [0.717, 1.165) is 0 Å². The molecule has 2 radical (unpaired) electrons. The maximum Gasteiger partial charge on any atom is 0.353 e. The molecule has 0 rings (SSSR count). The predicted molar refractivity (Wildman–Crippen MR) is 19.5 cm³/mol. The molecule has 0 aliphatic rings. The van der Waals surface area contributed by atoms with E-state index in [4.69, 9.17) is 9.46 Å². The first-order valence-corrected chi connectivity index (χ1v) is 1.85. The van der Waals surface area contributed by atoms with Crippen LogP contribution in [0, 0.1) is 0 Å². The summed E-state index contributed by atoms with van der Waals surface area (Å²) in [5.41, 5.74) is 0. The average molecular weight is 112 g/mol.